The fourth-order valence-corrected chi connectivity index (χ4v) is 1.81. The smallest absolute Gasteiger partial charge is 0.126 e. The largest absolute Gasteiger partial charge is 0.393 e. The molecule has 0 aromatic rings. The number of rotatable bonds is 3. The second-order valence-electron chi connectivity index (χ2n) is 3.31. The predicted molar refractivity (Wildman–Crippen MR) is 44.6 cm³/mol. The highest BCUT2D eigenvalue weighted by atomic mass is 16.3. The lowest BCUT2D eigenvalue weighted by atomic mass is 9.92. The molecule has 0 spiro atoms. The van der Waals surface area contributed by atoms with E-state index in [2.05, 4.69) is 0 Å². The highest BCUT2D eigenvalue weighted by Crippen LogP contribution is 2.33. The molecule has 0 aromatic heterocycles. The molecule has 0 bridgehead atoms. The third-order valence-corrected chi connectivity index (χ3v) is 2.55. The summed E-state index contributed by atoms with van der Waals surface area (Å²) in [6, 6.07) is 0. The lowest BCUT2D eigenvalue weighted by molar-refractivity contribution is -0.114. The van der Waals surface area contributed by atoms with Crippen molar-refractivity contribution in [2.24, 2.45) is 11.8 Å². The monoisotopic (exact) mass is 184 g/mol. The van der Waals surface area contributed by atoms with Crippen molar-refractivity contribution in [3.05, 3.63) is 6.08 Å². The third-order valence-electron chi connectivity index (χ3n) is 2.55. The zero-order valence-electron chi connectivity index (χ0n) is 7.09. The van der Waals surface area contributed by atoms with E-state index in [-0.39, 0.29) is 12.3 Å². The standard InChI is InChI=1S/C9H12O4/c10-3-1-2-6-7(5-11)9(13)4-8(6)12/h1,5-9,12-13H,2,4H2/t6-,7+,8-,9+/m1/s1. The van der Waals surface area contributed by atoms with Gasteiger partial charge in [0, 0.05) is 24.3 Å². The number of aldehydes is 1. The number of hydrogen-bond acceptors (Lipinski definition) is 4. The molecule has 1 rings (SSSR count). The van der Waals surface area contributed by atoms with Crippen LogP contribution in [0, 0.1) is 11.8 Å². The first-order chi connectivity index (χ1) is 6.20. The Morgan fingerprint density at radius 1 is 1.38 bits per heavy atom. The van der Waals surface area contributed by atoms with Crippen LogP contribution in [0.1, 0.15) is 12.8 Å². The molecular formula is C9H12O4. The maximum absolute atomic E-state index is 10.6. The van der Waals surface area contributed by atoms with E-state index in [0.717, 1.165) is 0 Å². The van der Waals surface area contributed by atoms with Crippen molar-refractivity contribution < 1.29 is 19.8 Å². The van der Waals surface area contributed by atoms with Crippen molar-refractivity contribution in [3.8, 4) is 0 Å². The second kappa shape index (κ2) is 4.33. The van der Waals surface area contributed by atoms with Gasteiger partial charge in [-0.15, -0.1) is 0 Å². The van der Waals surface area contributed by atoms with Crippen LogP contribution in [-0.4, -0.2) is 34.6 Å². The summed E-state index contributed by atoms with van der Waals surface area (Å²) in [4.78, 5) is 20.5. The van der Waals surface area contributed by atoms with Gasteiger partial charge in [-0.1, -0.05) is 0 Å². The summed E-state index contributed by atoms with van der Waals surface area (Å²) in [5.74, 6) is 0.696. The third kappa shape index (κ3) is 2.04. The average molecular weight is 184 g/mol. The van der Waals surface area contributed by atoms with E-state index < -0.39 is 18.1 Å². The predicted octanol–water partition coefficient (Wildman–Crippen LogP) is -0.679. The van der Waals surface area contributed by atoms with Gasteiger partial charge in [-0.05, 0) is 6.42 Å². The summed E-state index contributed by atoms with van der Waals surface area (Å²) in [5.41, 5.74) is 0. The van der Waals surface area contributed by atoms with Crippen LogP contribution in [0.4, 0.5) is 0 Å². The number of hydrogen-bond donors (Lipinski definition) is 2. The lowest BCUT2D eigenvalue weighted by Crippen LogP contribution is -2.22. The summed E-state index contributed by atoms with van der Waals surface area (Å²) < 4.78 is 0. The van der Waals surface area contributed by atoms with Crippen LogP contribution >= 0.6 is 0 Å². The van der Waals surface area contributed by atoms with Crippen molar-refractivity contribution in [2.75, 3.05) is 0 Å². The normalized spacial score (nSPS) is 38.3. The molecule has 1 saturated carbocycles. The minimum atomic E-state index is -0.780. The van der Waals surface area contributed by atoms with E-state index in [9.17, 15) is 19.8 Å². The van der Waals surface area contributed by atoms with E-state index in [0.29, 0.717) is 12.7 Å². The van der Waals surface area contributed by atoms with Crippen molar-refractivity contribution in [3.63, 3.8) is 0 Å². The molecule has 2 N–H and O–H groups in total. The summed E-state index contributed by atoms with van der Waals surface area (Å²) in [6.07, 6.45) is 0.908. The summed E-state index contributed by atoms with van der Waals surface area (Å²) >= 11 is 0. The zero-order valence-corrected chi connectivity index (χ0v) is 7.09. The van der Waals surface area contributed by atoms with Gasteiger partial charge in [0.15, 0.2) is 0 Å². The van der Waals surface area contributed by atoms with Crippen molar-refractivity contribution in [1.29, 1.82) is 0 Å². The highest BCUT2D eigenvalue weighted by Gasteiger charge is 2.40. The average Bonchev–Trinajstić information content (AvgIpc) is 2.37. The molecule has 4 heteroatoms. The zero-order chi connectivity index (χ0) is 9.84. The molecule has 72 valence electrons. The first-order valence-electron chi connectivity index (χ1n) is 4.21. The van der Waals surface area contributed by atoms with Gasteiger partial charge in [0.1, 0.15) is 12.2 Å². The van der Waals surface area contributed by atoms with E-state index >= 15 is 0 Å². The summed E-state index contributed by atoms with van der Waals surface area (Å²) in [5, 5.41) is 18.7. The molecule has 1 aliphatic rings. The molecule has 0 aromatic carbocycles. The minimum Gasteiger partial charge on any atom is -0.393 e. The van der Waals surface area contributed by atoms with Crippen molar-refractivity contribution >= 4 is 12.2 Å². The molecule has 0 aliphatic heterocycles. The molecule has 0 unspecified atom stereocenters. The SMILES string of the molecule is O=C=CC[C@@H]1[C@H](C=O)[C@@H](O)C[C@H]1O. The quantitative estimate of drug-likeness (QED) is 0.450. The van der Waals surface area contributed by atoms with E-state index in [1.807, 2.05) is 0 Å². The lowest BCUT2D eigenvalue weighted by Gasteiger charge is -2.15. The van der Waals surface area contributed by atoms with Crippen molar-refractivity contribution in [1.82, 2.24) is 0 Å². The Hall–Kier alpha value is -0.960. The number of aliphatic hydroxyl groups is 2. The summed E-state index contributed by atoms with van der Waals surface area (Å²) in [7, 11) is 0. The number of carbonyl (C=O) groups excluding carboxylic acids is 2. The molecule has 1 aliphatic carbocycles. The van der Waals surface area contributed by atoms with Gasteiger partial charge in [0.25, 0.3) is 0 Å². The Kier molecular flexibility index (Phi) is 3.37. The van der Waals surface area contributed by atoms with Crippen LogP contribution in [0.2, 0.25) is 0 Å². The van der Waals surface area contributed by atoms with Gasteiger partial charge in [0.2, 0.25) is 0 Å². The van der Waals surface area contributed by atoms with Crippen LogP contribution < -0.4 is 0 Å². The van der Waals surface area contributed by atoms with Gasteiger partial charge < -0.3 is 15.0 Å². The first-order valence-corrected chi connectivity index (χ1v) is 4.21. The maximum atomic E-state index is 10.6. The Bertz CT molecular complexity index is 232. The molecule has 0 radical (unpaired) electrons. The minimum absolute atomic E-state index is 0.209. The highest BCUT2D eigenvalue weighted by molar-refractivity contribution is 5.56. The molecule has 13 heavy (non-hydrogen) atoms. The molecule has 4 atom stereocenters. The molecule has 0 amide bonds. The summed E-state index contributed by atoms with van der Waals surface area (Å²) in [6.45, 7) is 0. The number of carbonyl (C=O) groups is 1. The van der Waals surface area contributed by atoms with Gasteiger partial charge in [-0.2, -0.15) is 0 Å². The van der Waals surface area contributed by atoms with Crippen LogP contribution in [0.3, 0.4) is 0 Å². The Morgan fingerprint density at radius 3 is 2.62 bits per heavy atom. The molecule has 0 saturated heterocycles. The maximum Gasteiger partial charge on any atom is 0.126 e. The Morgan fingerprint density at radius 2 is 2.08 bits per heavy atom. The Labute approximate surface area is 75.9 Å². The van der Waals surface area contributed by atoms with E-state index in [1.54, 1.807) is 5.94 Å². The molecule has 4 nitrogen and oxygen atoms in total. The van der Waals surface area contributed by atoms with Gasteiger partial charge in [-0.25, -0.2) is 4.79 Å². The number of allylic oxidation sites excluding steroid dienone is 1. The van der Waals surface area contributed by atoms with Crippen LogP contribution in [0.15, 0.2) is 6.08 Å². The van der Waals surface area contributed by atoms with Gasteiger partial charge in [-0.3, -0.25) is 0 Å². The fourth-order valence-electron chi connectivity index (χ4n) is 1.81. The topological polar surface area (TPSA) is 74.6 Å². The van der Waals surface area contributed by atoms with Crippen LogP contribution in [0.5, 0.6) is 0 Å². The van der Waals surface area contributed by atoms with Crippen LogP contribution in [-0.2, 0) is 9.59 Å². The van der Waals surface area contributed by atoms with Crippen LogP contribution in [0.25, 0.3) is 0 Å². The second-order valence-corrected chi connectivity index (χ2v) is 3.31. The molecule has 1 fully saturated rings. The molecule has 0 heterocycles. The van der Waals surface area contributed by atoms with E-state index in [1.165, 1.54) is 6.08 Å². The van der Waals surface area contributed by atoms with Gasteiger partial charge in [0.05, 0.1) is 12.2 Å². The van der Waals surface area contributed by atoms with E-state index in [4.69, 9.17) is 0 Å². The number of aliphatic hydroxyl groups excluding tert-OH is 2. The fraction of sp³-hybridized carbons (Fsp3) is 0.667. The first kappa shape index (κ1) is 10.1. The van der Waals surface area contributed by atoms with Crippen molar-refractivity contribution in [2.45, 2.75) is 25.0 Å². The Balaban J connectivity index is 2.68. The molecular weight excluding hydrogens is 172 g/mol. The van der Waals surface area contributed by atoms with Gasteiger partial charge >= 0.3 is 0 Å².